The number of carboxylic acids is 1. The number of rotatable bonds is 3. The number of amides is 1. The first-order valence-corrected chi connectivity index (χ1v) is 9.55. The minimum Gasteiger partial charge on any atom is -0.479 e. The van der Waals surface area contributed by atoms with Crippen molar-refractivity contribution in [2.75, 3.05) is 6.54 Å². The topological polar surface area (TPSA) is 66.8 Å². The van der Waals surface area contributed by atoms with Crippen LogP contribution in [-0.4, -0.2) is 34.2 Å². The zero-order chi connectivity index (χ0) is 19.0. The number of nitrogens with zero attached hydrogens (tertiary/aromatic N) is 1. The number of halogens is 1. The van der Waals surface area contributed by atoms with Crippen LogP contribution in [0.2, 0.25) is 0 Å². The fraction of sp³-hybridized carbons (Fsp3) is 0.579. The van der Waals surface area contributed by atoms with Gasteiger partial charge >= 0.3 is 12.1 Å². The van der Waals surface area contributed by atoms with Gasteiger partial charge in [-0.05, 0) is 69.7 Å². The van der Waals surface area contributed by atoms with Crippen molar-refractivity contribution in [1.82, 2.24) is 4.90 Å². The Hall–Kier alpha value is -1.56. The summed E-state index contributed by atoms with van der Waals surface area (Å²) in [5, 5.41) is 10.9. The Morgan fingerprint density at radius 1 is 1.28 bits per heavy atom. The van der Waals surface area contributed by atoms with Crippen LogP contribution in [0.15, 0.2) is 12.1 Å². The number of likely N-dealkylation sites (tertiary alicyclic amines) is 1. The lowest BCUT2D eigenvalue weighted by atomic mass is 9.81. The Morgan fingerprint density at radius 2 is 1.84 bits per heavy atom. The lowest BCUT2D eigenvalue weighted by Gasteiger charge is -2.38. The molecule has 0 saturated carbocycles. The van der Waals surface area contributed by atoms with Gasteiger partial charge in [-0.15, -0.1) is 0 Å². The third-order valence-corrected chi connectivity index (χ3v) is 5.16. The normalized spacial score (nSPS) is 20.6. The van der Waals surface area contributed by atoms with Crippen LogP contribution in [-0.2, 0) is 20.4 Å². The van der Waals surface area contributed by atoms with Crippen molar-refractivity contribution in [3.8, 4) is 0 Å². The molecule has 1 aliphatic heterocycles. The smallest absolute Gasteiger partial charge is 0.411 e. The molecule has 1 aromatic rings. The molecular formula is C19H26BrNO4. The SMILES string of the molecule is Cc1cc(CBr)cc(C)c1[C@]1(C(=O)O)CCCN1C(=O)OC(C)(C)C. The summed E-state index contributed by atoms with van der Waals surface area (Å²) in [4.78, 5) is 26.5. The number of ether oxygens (including phenoxy) is 1. The molecule has 1 aromatic carbocycles. The molecule has 2 rings (SSSR count). The number of carbonyl (C=O) groups excluding carboxylic acids is 1. The maximum atomic E-state index is 12.7. The molecule has 1 N–H and O–H groups in total. The summed E-state index contributed by atoms with van der Waals surface area (Å²) in [6.07, 6.45) is 0.442. The maximum absolute atomic E-state index is 12.7. The number of benzene rings is 1. The van der Waals surface area contributed by atoms with Gasteiger partial charge in [-0.25, -0.2) is 9.59 Å². The van der Waals surface area contributed by atoms with Crippen molar-refractivity contribution in [2.24, 2.45) is 0 Å². The van der Waals surface area contributed by atoms with E-state index in [1.54, 1.807) is 20.8 Å². The average Bonchev–Trinajstić information content (AvgIpc) is 2.90. The van der Waals surface area contributed by atoms with E-state index in [1.165, 1.54) is 4.90 Å². The van der Waals surface area contributed by atoms with E-state index in [2.05, 4.69) is 15.9 Å². The Morgan fingerprint density at radius 3 is 2.28 bits per heavy atom. The molecule has 0 aromatic heterocycles. The fourth-order valence-corrected chi connectivity index (χ4v) is 4.08. The molecule has 1 saturated heterocycles. The summed E-state index contributed by atoms with van der Waals surface area (Å²) >= 11 is 3.44. The molecule has 25 heavy (non-hydrogen) atoms. The number of hydrogen-bond acceptors (Lipinski definition) is 3. The first kappa shape index (κ1) is 19.8. The summed E-state index contributed by atoms with van der Waals surface area (Å²) in [5.74, 6) is -1.01. The van der Waals surface area contributed by atoms with Gasteiger partial charge < -0.3 is 9.84 Å². The van der Waals surface area contributed by atoms with Gasteiger partial charge in [0.25, 0.3) is 0 Å². The predicted octanol–water partition coefficient (Wildman–Crippen LogP) is 4.51. The summed E-state index contributed by atoms with van der Waals surface area (Å²) in [5.41, 5.74) is 1.50. The predicted molar refractivity (Wildman–Crippen MR) is 100 cm³/mol. The average molecular weight is 412 g/mol. The van der Waals surface area contributed by atoms with E-state index in [0.29, 0.717) is 30.3 Å². The number of carbonyl (C=O) groups is 2. The zero-order valence-corrected chi connectivity index (χ0v) is 17.1. The second-order valence-electron chi connectivity index (χ2n) is 7.64. The van der Waals surface area contributed by atoms with Crippen molar-refractivity contribution in [2.45, 2.75) is 63.9 Å². The highest BCUT2D eigenvalue weighted by molar-refractivity contribution is 9.08. The molecule has 0 bridgehead atoms. The van der Waals surface area contributed by atoms with Gasteiger partial charge in [-0.1, -0.05) is 28.1 Å². The van der Waals surface area contributed by atoms with Crippen molar-refractivity contribution < 1.29 is 19.4 Å². The van der Waals surface area contributed by atoms with Crippen molar-refractivity contribution in [3.63, 3.8) is 0 Å². The van der Waals surface area contributed by atoms with Crippen LogP contribution >= 0.6 is 15.9 Å². The number of aryl methyl sites for hydroxylation is 2. The monoisotopic (exact) mass is 411 g/mol. The van der Waals surface area contributed by atoms with Gasteiger partial charge in [0, 0.05) is 11.9 Å². The zero-order valence-electron chi connectivity index (χ0n) is 15.5. The van der Waals surface area contributed by atoms with Gasteiger partial charge in [0.05, 0.1) is 0 Å². The van der Waals surface area contributed by atoms with E-state index in [4.69, 9.17) is 4.74 Å². The molecule has 1 heterocycles. The molecule has 0 radical (unpaired) electrons. The molecule has 138 valence electrons. The Labute approximate surface area is 157 Å². The summed E-state index contributed by atoms with van der Waals surface area (Å²) in [6.45, 7) is 9.54. The third-order valence-electron chi connectivity index (χ3n) is 4.51. The van der Waals surface area contributed by atoms with Crippen molar-refractivity contribution >= 4 is 28.0 Å². The number of hydrogen-bond donors (Lipinski definition) is 1. The second-order valence-corrected chi connectivity index (χ2v) is 8.20. The summed E-state index contributed by atoms with van der Waals surface area (Å²) in [6, 6.07) is 3.96. The molecule has 5 nitrogen and oxygen atoms in total. The number of aliphatic carboxylic acids is 1. The van der Waals surface area contributed by atoms with Gasteiger partial charge in [-0.3, -0.25) is 4.90 Å². The van der Waals surface area contributed by atoms with E-state index >= 15 is 0 Å². The molecular weight excluding hydrogens is 386 g/mol. The van der Waals surface area contributed by atoms with Crippen LogP contribution in [0.1, 0.15) is 55.9 Å². The van der Waals surface area contributed by atoms with Crippen LogP contribution in [0.4, 0.5) is 4.79 Å². The Kier molecular flexibility index (Phi) is 5.52. The Bertz CT molecular complexity index is 672. The molecule has 1 atom stereocenters. The quantitative estimate of drug-likeness (QED) is 0.742. The van der Waals surface area contributed by atoms with Crippen LogP contribution in [0.3, 0.4) is 0 Å². The highest BCUT2D eigenvalue weighted by Gasteiger charge is 2.54. The maximum Gasteiger partial charge on any atom is 0.411 e. The van der Waals surface area contributed by atoms with Crippen LogP contribution < -0.4 is 0 Å². The van der Waals surface area contributed by atoms with E-state index < -0.39 is 23.2 Å². The molecule has 6 heteroatoms. The highest BCUT2D eigenvalue weighted by atomic mass is 79.9. The second kappa shape index (κ2) is 6.98. The van der Waals surface area contributed by atoms with Gasteiger partial charge in [0.2, 0.25) is 0 Å². The lowest BCUT2D eigenvalue weighted by molar-refractivity contribution is -0.150. The van der Waals surface area contributed by atoms with Crippen LogP contribution in [0.25, 0.3) is 0 Å². The summed E-state index contributed by atoms with van der Waals surface area (Å²) in [7, 11) is 0. The first-order chi connectivity index (χ1) is 11.5. The van der Waals surface area contributed by atoms with Gasteiger partial charge in [0.15, 0.2) is 5.54 Å². The summed E-state index contributed by atoms with van der Waals surface area (Å²) < 4.78 is 5.49. The highest BCUT2D eigenvalue weighted by Crippen LogP contribution is 2.43. The molecule has 0 aliphatic carbocycles. The standard InChI is InChI=1S/C19H26BrNO4/c1-12-9-14(11-20)10-13(2)15(12)19(16(22)23)7-6-8-21(19)17(24)25-18(3,4)5/h9-10H,6-8,11H2,1-5H3,(H,22,23)/t19-/m0/s1. The Balaban J connectivity index is 2.59. The van der Waals surface area contributed by atoms with Crippen molar-refractivity contribution in [1.29, 1.82) is 0 Å². The third kappa shape index (κ3) is 3.68. The van der Waals surface area contributed by atoms with E-state index in [0.717, 1.165) is 16.7 Å². The fourth-order valence-electron chi connectivity index (χ4n) is 3.75. The van der Waals surface area contributed by atoms with Crippen LogP contribution in [0, 0.1) is 13.8 Å². The molecule has 0 unspecified atom stereocenters. The minimum atomic E-state index is -1.37. The van der Waals surface area contributed by atoms with Crippen LogP contribution in [0.5, 0.6) is 0 Å². The largest absolute Gasteiger partial charge is 0.479 e. The number of carboxylic acid groups (broad SMARTS) is 1. The van der Waals surface area contributed by atoms with Crippen molar-refractivity contribution in [3.05, 3.63) is 34.4 Å². The molecule has 1 fully saturated rings. The number of alkyl halides is 1. The van der Waals surface area contributed by atoms with E-state index in [1.807, 2.05) is 26.0 Å². The van der Waals surface area contributed by atoms with Gasteiger partial charge in [0.1, 0.15) is 5.60 Å². The lowest BCUT2D eigenvalue weighted by Crippen LogP contribution is -2.52. The molecule has 0 spiro atoms. The van der Waals surface area contributed by atoms with E-state index in [9.17, 15) is 14.7 Å². The van der Waals surface area contributed by atoms with Gasteiger partial charge in [-0.2, -0.15) is 0 Å². The molecule has 1 aliphatic rings. The molecule has 1 amide bonds. The van der Waals surface area contributed by atoms with E-state index in [-0.39, 0.29) is 0 Å². The first-order valence-electron chi connectivity index (χ1n) is 8.43. The minimum absolute atomic E-state index is 0.375.